The minimum Gasteiger partial charge on any atom is -0.461 e. The van der Waals surface area contributed by atoms with Crippen molar-refractivity contribution >= 4 is 11.8 Å². The highest BCUT2D eigenvalue weighted by Crippen LogP contribution is 2.22. The van der Waals surface area contributed by atoms with E-state index in [9.17, 15) is 18.4 Å². The Morgan fingerprint density at radius 2 is 1.86 bits per heavy atom. The van der Waals surface area contributed by atoms with Gasteiger partial charge < -0.3 is 4.74 Å². The summed E-state index contributed by atoms with van der Waals surface area (Å²) in [6.07, 6.45) is 0.272. The van der Waals surface area contributed by atoms with E-state index in [-0.39, 0.29) is 13.0 Å². The van der Waals surface area contributed by atoms with Gasteiger partial charge in [-0.2, -0.15) is 8.78 Å². The van der Waals surface area contributed by atoms with Crippen LogP contribution in [0.4, 0.5) is 8.78 Å². The van der Waals surface area contributed by atoms with Gasteiger partial charge in [-0.05, 0) is 13.3 Å². The molecule has 0 heterocycles. The zero-order valence-electron chi connectivity index (χ0n) is 8.47. The number of hydrogen-bond donors (Lipinski definition) is 0. The van der Waals surface area contributed by atoms with E-state index in [2.05, 4.69) is 4.74 Å². The number of alkyl halides is 2. The molecule has 0 radical (unpaired) electrons. The summed E-state index contributed by atoms with van der Waals surface area (Å²) in [7, 11) is 0. The Balaban J connectivity index is 4.60. The summed E-state index contributed by atoms with van der Waals surface area (Å²) in [5.74, 6) is -7.98. The molecule has 82 valence electrons. The fourth-order valence-corrected chi connectivity index (χ4v) is 0.817. The molecule has 0 aromatic carbocycles. The molecular formula is C9H14F2O3. The van der Waals surface area contributed by atoms with Gasteiger partial charge in [-0.25, -0.2) is 4.79 Å². The first kappa shape index (κ1) is 13.0. The molecular weight excluding hydrogens is 194 g/mol. The number of carbonyl (C=O) groups is 2. The molecule has 0 amide bonds. The zero-order chi connectivity index (χ0) is 11.4. The number of esters is 1. The lowest BCUT2D eigenvalue weighted by Crippen LogP contribution is -2.42. The number of Topliss-reactive ketones (excluding diaryl/α,β-unsaturated/α-hetero) is 1. The van der Waals surface area contributed by atoms with E-state index < -0.39 is 23.6 Å². The van der Waals surface area contributed by atoms with E-state index in [1.165, 1.54) is 13.8 Å². The van der Waals surface area contributed by atoms with Gasteiger partial charge in [0.25, 0.3) is 0 Å². The molecule has 14 heavy (non-hydrogen) atoms. The van der Waals surface area contributed by atoms with Crippen LogP contribution in [0.25, 0.3) is 0 Å². The van der Waals surface area contributed by atoms with Crippen molar-refractivity contribution < 1.29 is 23.1 Å². The highest BCUT2D eigenvalue weighted by molar-refractivity contribution is 6.06. The van der Waals surface area contributed by atoms with Crippen molar-refractivity contribution in [2.45, 2.75) is 33.1 Å². The number of hydrogen-bond acceptors (Lipinski definition) is 3. The Kier molecular flexibility index (Phi) is 4.67. The molecule has 0 fully saturated rings. The van der Waals surface area contributed by atoms with Gasteiger partial charge in [0.2, 0.25) is 5.78 Å². The van der Waals surface area contributed by atoms with Crippen molar-refractivity contribution in [2.75, 3.05) is 6.61 Å². The fraction of sp³-hybridized carbons (Fsp3) is 0.778. The fourth-order valence-electron chi connectivity index (χ4n) is 0.817. The predicted molar refractivity (Wildman–Crippen MR) is 46.0 cm³/mol. The molecule has 0 aromatic heterocycles. The molecule has 0 aliphatic carbocycles. The summed E-state index contributed by atoms with van der Waals surface area (Å²) in [6, 6.07) is 0. The highest BCUT2D eigenvalue weighted by atomic mass is 19.3. The first-order valence-electron chi connectivity index (χ1n) is 4.47. The van der Waals surface area contributed by atoms with E-state index in [0.29, 0.717) is 0 Å². The standard InChI is InChI=1S/C9H14F2O3/c1-4-6(3)7(12)9(10,11)8(13)14-5-2/h6H,4-5H2,1-3H3. The largest absolute Gasteiger partial charge is 0.461 e. The van der Waals surface area contributed by atoms with E-state index in [1.54, 1.807) is 6.92 Å². The van der Waals surface area contributed by atoms with Gasteiger partial charge in [-0.15, -0.1) is 0 Å². The molecule has 1 atom stereocenters. The molecule has 0 saturated heterocycles. The van der Waals surface area contributed by atoms with Crippen LogP contribution < -0.4 is 0 Å². The summed E-state index contributed by atoms with van der Waals surface area (Å²) in [5, 5.41) is 0. The van der Waals surface area contributed by atoms with Gasteiger partial charge in [0.05, 0.1) is 6.61 Å². The Hall–Kier alpha value is -1.00. The van der Waals surface area contributed by atoms with Crippen LogP contribution in [0.1, 0.15) is 27.2 Å². The van der Waals surface area contributed by atoms with Crippen molar-refractivity contribution in [1.82, 2.24) is 0 Å². The lowest BCUT2D eigenvalue weighted by molar-refractivity contribution is -0.178. The highest BCUT2D eigenvalue weighted by Gasteiger charge is 2.49. The van der Waals surface area contributed by atoms with Crippen molar-refractivity contribution in [3.05, 3.63) is 0 Å². The monoisotopic (exact) mass is 208 g/mol. The van der Waals surface area contributed by atoms with Crippen molar-refractivity contribution in [1.29, 1.82) is 0 Å². The Labute approximate surface area is 81.4 Å². The topological polar surface area (TPSA) is 43.4 Å². The van der Waals surface area contributed by atoms with Crippen LogP contribution in [0.2, 0.25) is 0 Å². The van der Waals surface area contributed by atoms with E-state index in [1.807, 2.05) is 0 Å². The van der Waals surface area contributed by atoms with Gasteiger partial charge in [-0.3, -0.25) is 4.79 Å². The van der Waals surface area contributed by atoms with Crippen LogP contribution in [0.15, 0.2) is 0 Å². The molecule has 0 bridgehead atoms. The lowest BCUT2D eigenvalue weighted by atomic mass is 9.99. The SMILES string of the molecule is CCOC(=O)C(F)(F)C(=O)C(C)CC. The van der Waals surface area contributed by atoms with Gasteiger partial charge in [0.1, 0.15) is 0 Å². The number of rotatable bonds is 5. The first-order valence-corrected chi connectivity index (χ1v) is 4.47. The summed E-state index contributed by atoms with van der Waals surface area (Å²) >= 11 is 0. The third kappa shape index (κ3) is 2.75. The molecule has 0 rings (SSSR count). The summed E-state index contributed by atoms with van der Waals surface area (Å²) in [4.78, 5) is 21.8. The lowest BCUT2D eigenvalue weighted by Gasteiger charge is -2.16. The van der Waals surface area contributed by atoms with Crippen molar-refractivity contribution in [3.8, 4) is 0 Å². The number of halogens is 2. The smallest absolute Gasteiger partial charge is 0.400 e. The predicted octanol–water partition coefficient (Wildman–Crippen LogP) is 1.80. The van der Waals surface area contributed by atoms with Crippen LogP contribution in [0.5, 0.6) is 0 Å². The summed E-state index contributed by atoms with van der Waals surface area (Å²) in [6.45, 7) is 4.20. The summed E-state index contributed by atoms with van der Waals surface area (Å²) < 4.78 is 30.1. The van der Waals surface area contributed by atoms with Gasteiger partial charge in [0.15, 0.2) is 0 Å². The second-order valence-electron chi connectivity index (χ2n) is 2.97. The normalized spacial score (nSPS) is 13.5. The Morgan fingerprint density at radius 3 is 2.21 bits per heavy atom. The van der Waals surface area contributed by atoms with E-state index in [0.717, 1.165) is 0 Å². The number of ether oxygens (including phenoxy) is 1. The van der Waals surface area contributed by atoms with E-state index in [4.69, 9.17) is 0 Å². The Bertz CT molecular complexity index is 226. The van der Waals surface area contributed by atoms with Crippen LogP contribution in [0.3, 0.4) is 0 Å². The average molecular weight is 208 g/mol. The van der Waals surface area contributed by atoms with Crippen molar-refractivity contribution in [2.24, 2.45) is 5.92 Å². The maximum atomic E-state index is 13.0. The second kappa shape index (κ2) is 5.02. The number of carbonyl (C=O) groups excluding carboxylic acids is 2. The van der Waals surface area contributed by atoms with Gasteiger partial charge in [-0.1, -0.05) is 13.8 Å². The van der Waals surface area contributed by atoms with Gasteiger partial charge in [0, 0.05) is 5.92 Å². The molecule has 3 nitrogen and oxygen atoms in total. The average Bonchev–Trinajstić information content (AvgIpc) is 2.15. The maximum absolute atomic E-state index is 13.0. The Morgan fingerprint density at radius 1 is 1.36 bits per heavy atom. The molecule has 0 aliphatic heterocycles. The van der Waals surface area contributed by atoms with Crippen LogP contribution in [-0.2, 0) is 14.3 Å². The third-order valence-electron chi connectivity index (χ3n) is 1.90. The molecule has 0 aromatic rings. The van der Waals surface area contributed by atoms with E-state index >= 15 is 0 Å². The minimum absolute atomic E-state index is 0.164. The zero-order valence-corrected chi connectivity index (χ0v) is 8.47. The molecule has 0 saturated carbocycles. The number of ketones is 1. The van der Waals surface area contributed by atoms with Gasteiger partial charge >= 0.3 is 11.9 Å². The van der Waals surface area contributed by atoms with Crippen LogP contribution in [-0.4, -0.2) is 24.3 Å². The summed E-state index contributed by atoms with van der Waals surface area (Å²) in [5.41, 5.74) is 0. The molecule has 0 N–H and O–H groups in total. The van der Waals surface area contributed by atoms with Crippen LogP contribution in [0, 0.1) is 5.92 Å². The first-order chi connectivity index (χ1) is 6.37. The minimum atomic E-state index is -4.01. The van der Waals surface area contributed by atoms with Crippen molar-refractivity contribution in [3.63, 3.8) is 0 Å². The quantitative estimate of drug-likeness (QED) is 0.511. The third-order valence-corrected chi connectivity index (χ3v) is 1.90. The molecule has 5 heteroatoms. The molecule has 0 aliphatic rings. The second-order valence-corrected chi connectivity index (χ2v) is 2.97. The maximum Gasteiger partial charge on any atom is 0.400 e. The molecule has 0 spiro atoms. The van der Waals surface area contributed by atoms with Crippen LogP contribution >= 0.6 is 0 Å². The molecule has 1 unspecified atom stereocenters.